The third-order valence-electron chi connectivity index (χ3n) is 2.95. The highest BCUT2D eigenvalue weighted by Gasteiger charge is 2.12. The summed E-state index contributed by atoms with van der Waals surface area (Å²) in [6.45, 7) is 0. The average molecular weight is 324 g/mol. The van der Waals surface area contributed by atoms with Gasteiger partial charge >= 0.3 is 0 Å². The molecule has 2 aromatic rings. The number of rotatable bonds is 4. The van der Waals surface area contributed by atoms with Gasteiger partial charge in [0, 0.05) is 10.5 Å². The molecule has 0 heterocycles. The maximum atomic E-state index is 13.1. The summed E-state index contributed by atoms with van der Waals surface area (Å²) >= 11 is 3.48. The van der Waals surface area contributed by atoms with Gasteiger partial charge in [-0.25, -0.2) is 4.39 Å². The van der Waals surface area contributed by atoms with Gasteiger partial charge in [-0.15, -0.1) is 0 Å². The van der Waals surface area contributed by atoms with Crippen molar-refractivity contribution in [2.75, 3.05) is 7.11 Å². The lowest BCUT2D eigenvalue weighted by atomic mass is 9.99. The van der Waals surface area contributed by atoms with E-state index >= 15 is 0 Å². The SMILES string of the molecule is COc1ccc(Br)c(C(N)Cc2cccc(F)c2)c1. The van der Waals surface area contributed by atoms with Gasteiger partial charge in [0.2, 0.25) is 0 Å². The summed E-state index contributed by atoms with van der Waals surface area (Å²) in [6.07, 6.45) is 0.573. The van der Waals surface area contributed by atoms with Crippen LogP contribution in [0.25, 0.3) is 0 Å². The molecule has 0 spiro atoms. The maximum Gasteiger partial charge on any atom is 0.123 e. The molecule has 0 aliphatic rings. The van der Waals surface area contributed by atoms with E-state index in [1.807, 2.05) is 24.3 Å². The zero-order valence-electron chi connectivity index (χ0n) is 10.6. The Morgan fingerprint density at radius 2 is 2.05 bits per heavy atom. The first kappa shape index (κ1) is 14.0. The van der Waals surface area contributed by atoms with E-state index in [4.69, 9.17) is 10.5 Å². The van der Waals surface area contributed by atoms with Crippen LogP contribution >= 0.6 is 15.9 Å². The number of methoxy groups -OCH3 is 1. The predicted molar refractivity (Wildman–Crippen MR) is 77.7 cm³/mol. The molecule has 2 rings (SSSR count). The highest BCUT2D eigenvalue weighted by atomic mass is 79.9. The molecule has 1 atom stereocenters. The van der Waals surface area contributed by atoms with Crippen molar-refractivity contribution in [2.45, 2.75) is 12.5 Å². The van der Waals surface area contributed by atoms with Crippen molar-refractivity contribution in [3.8, 4) is 5.75 Å². The number of ether oxygens (including phenoxy) is 1. The summed E-state index contributed by atoms with van der Waals surface area (Å²) in [5.41, 5.74) is 8.02. The van der Waals surface area contributed by atoms with Crippen molar-refractivity contribution in [1.29, 1.82) is 0 Å². The van der Waals surface area contributed by atoms with Crippen LogP contribution in [0, 0.1) is 5.82 Å². The minimum atomic E-state index is -0.241. The fraction of sp³-hybridized carbons (Fsp3) is 0.200. The third kappa shape index (κ3) is 3.55. The van der Waals surface area contributed by atoms with E-state index < -0.39 is 0 Å². The van der Waals surface area contributed by atoms with E-state index in [1.54, 1.807) is 13.2 Å². The van der Waals surface area contributed by atoms with Crippen LogP contribution in [-0.2, 0) is 6.42 Å². The number of nitrogens with two attached hydrogens (primary N) is 1. The molecule has 2 N–H and O–H groups in total. The van der Waals surface area contributed by atoms with Gasteiger partial charge in [-0.3, -0.25) is 0 Å². The molecule has 0 saturated carbocycles. The van der Waals surface area contributed by atoms with Gasteiger partial charge in [-0.2, -0.15) is 0 Å². The lowest BCUT2D eigenvalue weighted by molar-refractivity contribution is 0.413. The van der Waals surface area contributed by atoms with Crippen LogP contribution in [-0.4, -0.2) is 7.11 Å². The van der Waals surface area contributed by atoms with Gasteiger partial charge in [0.15, 0.2) is 0 Å². The van der Waals surface area contributed by atoms with Crippen molar-refractivity contribution in [2.24, 2.45) is 5.73 Å². The molecule has 0 aromatic heterocycles. The standard InChI is InChI=1S/C15H15BrFNO/c1-19-12-5-6-14(16)13(9-12)15(18)8-10-3-2-4-11(17)7-10/h2-7,9,15H,8,18H2,1H3. The average Bonchev–Trinajstić information content (AvgIpc) is 2.39. The molecule has 2 aromatic carbocycles. The second-order valence-electron chi connectivity index (χ2n) is 4.33. The van der Waals surface area contributed by atoms with Crippen molar-refractivity contribution >= 4 is 15.9 Å². The van der Waals surface area contributed by atoms with Crippen LogP contribution in [0.3, 0.4) is 0 Å². The maximum absolute atomic E-state index is 13.1. The molecule has 0 saturated heterocycles. The first-order valence-electron chi connectivity index (χ1n) is 5.93. The molecule has 0 bridgehead atoms. The molecule has 0 aliphatic carbocycles. The summed E-state index contributed by atoms with van der Waals surface area (Å²) in [4.78, 5) is 0. The quantitative estimate of drug-likeness (QED) is 0.927. The molecule has 0 radical (unpaired) electrons. The zero-order chi connectivity index (χ0) is 13.8. The molecule has 0 aliphatic heterocycles. The zero-order valence-corrected chi connectivity index (χ0v) is 12.2. The molecule has 2 nitrogen and oxygen atoms in total. The Labute approximate surface area is 120 Å². The number of hydrogen-bond donors (Lipinski definition) is 1. The van der Waals surface area contributed by atoms with Gasteiger partial charge in [0.25, 0.3) is 0 Å². The first-order chi connectivity index (χ1) is 9.10. The molecule has 19 heavy (non-hydrogen) atoms. The highest BCUT2D eigenvalue weighted by Crippen LogP contribution is 2.28. The van der Waals surface area contributed by atoms with E-state index in [1.165, 1.54) is 12.1 Å². The predicted octanol–water partition coefficient (Wildman–Crippen LogP) is 3.84. The minimum Gasteiger partial charge on any atom is -0.497 e. The molecular formula is C15H15BrFNO. The fourth-order valence-corrected chi connectivity index (χ4v) is 2.50. The van der Waals surface area contributed by atoms with Crippen LogP contribution < -0.4 is 10.5 Å². The molecule has 4 heteroatoms. The lowest BCUT2D eigenvalue weighted by Gasteiger charge is -2.15. The summed E-state index contributed by atoms with van der Waals surface area (Å²) < 4.78 is 19.3. The number of benzene rings is 2. The minimum absolute atomic E-state index is 0.216. The summed E-state index contributed by atoms with van der Waals surface area (Å²) in [5, 5.41) is 0. The fourth-order valence-electron chi connectivity index (χ4n) is 1.96. The highest BCUT2D eigenvalue weighted by molar-refractivity contribution is 9.10. The largest absolute Gasteiger partial charge is 0.497 e. The number of hydrogen-bond acceptors (Lipinski definition) is 2. The summed E-state index contributed by atoms with van der Waals surface area (Å²) in [6, 6.07) is 11.9. The molecule has 0 fully saturated rings. The second-order valence-corrected chi connectivity index (χ2v) is 5.18. The van der Waals surface area contributed by atoms with Crippen molar-refractivity contribution in [3.05, 3.63) is 63.9 Å². The van der Waals surface area contributed by atoms with Crippen LogP contribution in [0.2, 0.25) is 0 Å². The monoisotopic (exact) mass is 323 g/mol. The number of halogens is 2. The van der Waals surface area contributed by atoms with Gasteiger partial charge in [-0.1, -0.05) is 28.1 Å². The van der Waals surface area contributed by atoms with Gasteiger partial charge in [-0.05, 0) is 47.9 Å². The summed E-state index contributed by atoms with van der Waals surface area (Å²) in [5.74, 6) is 0.516. The Kier molecular flexibility index (Phi) is 4.56. The van der Waals surface area contributed by atoms with Gasteiger partial charge in [0.1, 0.15) is 11.6 Å². The van der Waals surface area contributed by atoms with E-state index in [0.29, 0.717) is 6.42 Å². The summed E-state index contributed by atoms with van der Waals surface area (Å²) in [7, 11) is 1.62. The Morgan fingerprint density at radius 1 is 1.26 bits per heavy atom. The Balaban J connectivity index is 2.22. The smallest absolute Gasteiger partial charge is 0.123 e. The second kappa shape index (κ2) is 6.17. The van der Waals surface area contributed by atoms with E-state index in [0.717, 1.165) is 21.3 Å². The Bertz CT molecular complexity index is 574. The van der Waals surface area contributed by atoms with E-state index in [-0.39, 0.29) is 11.9 Å². The van der Waals surface area contributed by atoms with E-state index in [2.05, 4.69) is 15.9 Å². The van der Waals surface area contributed by atoms with Crippen molar-refractivity contribution in [3.63, 3.8) is 0 Å². The molecule has 1 unspecified atom stereocenters. The van der Waals surface area contributed by atoms with Crippen molar-refractivity contribution < 1.29 is 9.13 Å². The van der Waals surface area contributed by atoms with Crippen LogP contribution in [0.1, 0.15) is 17.2 Å². The Hall–Kier alpha value is -1.39. The van der Waals surface area contributed by atoms with Crippen molar-refractivity contribution in [1.82, 2.24) is 0 Å². The normalized spacial score (nSPS) is 12.2. The molecular weight excluding hydrogens is 309 g/mol. The Morgan fingerprint density at radius 3 is 2.74 bits per heavy atom. The molecule has 100 valence electrons. The third-order valence-corrected chi connectivity index (χ3v) is 3.67. The van der Waals surface area contributed by atoms with Crippen LogP contribution in [0.15, 0.2) is 46.9 Å². The topological polar surface area (TPSA) is 35.2 Å². The lowest BCUT2D eigenvalue weighted by Crippen LogP contribution is -2.14. The van der Waals surface area contributed by atoms with Gasteiger partial charge in [0.05, 0.1) is 7.11 Å². The van der Waals surface area contributed by atoms with Gasteiger partial charge < -0.3 is 10.5 Å². The molecule has 0 amide bonds. The van der Waals surface area contributed by atoms with E-state index in [9.17, 15) is 4.39 Å². The first-order valence-corrected chi connectivity index (χ1v) is 6.73. The van der Waals surface area contributed by atoms with Crippen LogP contribution in [0.5, 0.6) is 5.75 Å². The van der Waals surface area contributed by atoms with Crippen LogP contribution in [0.4, 0.5) is 4.39 Å².